The van der Waals surface area contributed by atoms with Crippen LogP contribution in [0.25, 0.3) is 0 Å². The van der Waals surface area contributed by atoms with Crippen LogP contribution >= 0.6 is 0 Å². The van der Waals surface area contributed by atoms with E-state index in [0.29, 0.717) is 12.1 Å². The van der Waals surface area contributed by atoms with Gasteiger partial charge < -0.3 is 10.0 Å². The van der Waals surface area contributed by atoms with E-state index in [1.54, 1.807) is 0 Å². The van der Waals surface area contributed by atoms with Crippen molar-refractivity contribution in [3.05, 3.63) is 18.1 Å². The van der Waals surface area contributed by atoms with Crippen LogP contribution in [-0.4, -0.2) is 40.9 Å². The van der Waals surface area contributed by atoms with Crippen LogP contribution in [0, 0.1) is 0 Å². The van der Waals surface area contributed by atoms with Gasteiger partial charge in [0.25, 0.3) is 0 Å². The van der Waals surface area contributed by atoms with Gasteiger partial charge in [-0.15, -0.1) is 0 Å². The zero-order valence-electron chi connectivity index (χ0n) is 9.41. The second-order valence-corrected chi connectivity index (χ2v) is 3.48. The maximum atomic E-state index is 12.3. The Balaban J connectivity index is 2.88. The van der Waals surface area contributed by atoms with Gasteiger partial charge in [-0.3, -0.25) is 0 Å². The molecule has 0 bridgehead atoms. The van der Waals surface area contributed by atoms with Gasteiger partial charge in [0.1, 0.15) is 18.7 Å². The molecule has 0 radical (unpaired) electrons. The highest BCUT2D eigenvalue weighted by Gasteiger charge is 2.31. The normalized spacial score (nSPS) is 11.6. The first kappa shape index (κ1) is 13.7. The number of hydrogen-bond acceptors (Lipinski definition) is 4. The molecule has 0 aliphatic rings. The van der Waals surface area contributed by atoms with Crippen LogP contribution in [0.2, 0.25) is 0 Å². The minimum Gasteiger partial charge on any atom is -0.395 e. The second kappa shape index (κ2) is 5.81. The number of aromatic nitrogens is 2. The lowest BCUT2D eigenvalue weighted by molar-refractivity contribution is -0.120. The molecule has 0 aliphatic heterocycles. The van der Waals surface area contributed by atoms with E-state index in [-0.39, 0.29) is 19.0 Å². The number of rotatable bonds is 5. The highest BCUT2D eigenvalue weighted by Crippen LogP contribution is 2.20. The van der Waals surface area contributed by atoms with E-state index in [9.17, 15) is 13.2 Å². The summed E-state index contributed by atoms with van der Waals surface area (Å²) in [4.78, 5) is 8.70. The Bertz CT molecular complexity index is 357. The highest BCUT2D eigenvalue weighted by molar-refractivity contribution is 5.39. The number of halogens is 3. The number of aliphatic hydroxyl groups excluding tert-OH is 1. The lowest BCUT2D eigenvalue weighted by Crippen LogP contribution is -2.36. The highest BCUT2D eigenvalue weighted by atomic mass is 19.4. The van der Waals surface area contributed by atoms with Gasteiger partial charge in [0.05, 0.1) is 6.61 Å². The Morgan fingerprint density at radius 2 is 2.06 bits per heavy atom. The summed E-state index contributed by atoms with van der Waals surface area (Å²) in [6.45, 7) is 0.251. The van der Waals surface area contributed by atoms with Crippen molar-refractivity contribution in [2.24, 2.45) is 0 Å². The van der Waals surface area contributed by atoms with E-state index in [1.807, 2.05) is 6.92 Å². The lowest BCUT2D eigenvalue weighted by atomic mass is 10.3. The average molecular weight is 249 g/mol. The van der Waals surface area contributed by atoms with Crippen LogP contribution in [0.5, 0.6) is 0 Å². The molecule has 96 valence electrons. The first-order chi connectivity index (χ1) is 7.96. The molecule has 1 N–H and O–H groups in total. The smallest absolute Gasteiger partial charge is 0.395 e. The van der Waals surface area contributed by atoms with Crippen molar-refractivity contribution >= 4 is 5.82 Å². The second-order valence-electron chi connectivity index (χ2n) is 3.48. The number of nitrogens with zero attached hydrogens (tertiary/aromatic N) is 3. The SMILES string of the molecule is CCc1cc(N(CCO)CC(F)(F)F)ncn1. The van der Waals surface area contributed by atoms with E-state index in [0.717, 1.165) is 4.90 Å². The Hall–Kier alpha value is -1.37. The minimum absolute atomic E-state index is 0.111. The van der Waals surface area contributed by atoms with E-state index in [4.69, 9.17) is 5.11 Å². The Labute approximate surface area is 97.1 Å². The van der Waals surface area contributed by atoms with Crippen molar-refractivity contribution in [2.45, 2.75) is 19.5 Å². The topological polar surface area (TPSA) is 49.2 Å². The molecule has 7 heteroatoms. The summed E-state index contributed by atoms with van der Waals surface area (Å²) in [5.74, 6) is 0.184. The van der Waals surface area contributed by atoms with Crippen molar-refractivity contribution in [3.8, 4) is 0 Å². The van der Waals surface area contributed by atoms with Gasteiger partial charge in [0, 0.05) is 18.3 Å². The van der Waals surface area contributed by atoms with E-state index in [2.05, 4.69) is 9.97 Å². The quantitative estimate of drug-likeness (QED) is 0.857. The van der Waals surface area contributed by atoms with Gasteiger partial charge in [-0.05, 0) is 6.42 Å². The minimum atomic E-state index is -4.33. The van der Waals surface area contributed by atoms with Gasteiger partial charge in [-0.2, -0.15) is 13.2 Å². The van der Waals surface area contributed by atoms with Crippen molar-refractivity contribution < 1.29 is 18.3 Å². The summed E-state index contributed by atoms with van der Waals surface area (Å²) in [5, 5.41) is 8.77. The fourth-order valence-electron chi connectivity index (χ4n) is 1.36. The van der Waals surface area contributed by atoms with Gasteiger partial charge in [-0.1, -0.05) is 6.92 Å². The number of aryl methyl sites for hydroxylation is 1. The molecule has 1 rings (SSSR count). The molecule has 0 atom stereocenters. The molecule has 0 saturated heterocycles. The predicted octanol–water partition coefficient (Wildman–Crippen LogP) is 1.40. The molecule has 17 heavy (non-hydrogen) atoms. The molecule has 0 aliphatic carbocycles. The molecule has 1 aromatic heterocycles. The first-order valence-electron chi connectivity index (χ1n) is 5.19. The summed E-state index contributed by atoms with van der Waals surface area (Å²) >= 11 is 0. The number of hydrogen-bond donors (Lipinski definition) is 1. The van der Waals surface area contributed by atoms with Gasteiger partial charge in [-0.25, -0.2) is 9.97 Å². The predicted molar refractivity (Wildman–Crippen MR) is 56.8 cm³/mol. The van der Waals surface area contributed by atoms with Crippen LogP contribution < -0.4 is 4.90 Å². The summed E-state index contributed by atoms with van der Waals surface area (Å²) in [7, 11) is 0. The molecule has 0 amide bonds. The zero-order chi connectivity index (χ0) is 12.9. The Kier molecular flexibility index (Phi) is 4.68. The molecule has 0 unspecified atom stereocenters. The van der Waals surface area contributed by atoms with Gasteiger partial charge in [0.15, 0.2) is 0 Å². The third-order valence-electron chi connectivity index (χ3n) is 2.14. The largest absolute Gasteiger partial charge is 0.405 e. The number of alkyl halides is 3. The van der Waals surface area contributed by atoms with E-state index < -0.39 is 12.7 Å². The molecule has 0 saturated carbocycles. The lowest BCUT2D eigenvalue weighted by Gasteiger charge is -2.24. The fourth-order valence-corrected chi connectivity index (χ4v) is 1.36. The average Bonchev–Trinajstić information content (AvgIpc) is 2.27. The first-order valence-corrected chi connectivity index (χ1v) is 5.19. The monoisotopic (exact) mass is 249 g/mol. The van der Waals surface area contributed by atoms with Crippen molar-refractivity contribution in [1.82, 2.24) is 9.97 Å². The summed E-state index contributed by atoms with van der Waals surface area (Å²) in [6, 6.07) is 1.50. The third-order valence-corrected chi connectivity index (χ3v) is 2.14. The fraction of sp³-hybridized carbons (Fsp3) is 0.600. The summed E-state index contributed by atoms with van der Waals surface area (Å²) in [5.41, 5.74) is 0.667. The maximum absolute atomic E-state index is 12.3. The van der Waals surface area contributed by atoms with Gasteiger partial charge in [0.2, 0.25) is 0 Å². The van der Waals surface area contributed by atoms with Crippen molar-refractivity contribution in [3.63, 3.8) is 0 Å². The van der Waals surface area contributed by atoms with Crippen molar-refractivity contribution in [2.75, 3.05) is 24.6 Å². The molecular weight excluding hydrogens is 235 g/mol. The zero-order valence-corrected chi connectivity index (χ0v) is 9.41. The standard InChI is InChI=1S/C10H14F3N3O/c1-2-8-5-9(15-7-14-8)16(3-4-17)6-10(11,12)13/h5,7,17H,2-4,6H2,1H3. The summed E-state index contributed by atoms with van der Waals surface area (Å²) in [6.07, 6.45) is -2.48. The Morgan fingerprint density at radius 1 is 1.35 bits per heavy atom. The molecular formula is C10H14F3N3O. The third kappa shape index (κ3) is 4.56. The summed E-state index contributed by atoms with van der Waals surface area (Å²) < 4.78 is 37.0. The Morgan fingerprint density at radius 3 is 2.59 bits per heavy atom. The molecule has 1 aromatic rings. The van der Waals surface area contributed by atoms with E-state index in [1.165, 1.54) is 12.4 Å². The number of anilines is 1. The van der Waals surface area contributed by atoms with Crippen LogP contribution in [-0.2, 0) is 6.42 Å². The van der Waals surface area contributed by atoms with Crippen LogP contribution in [0.1, 0.15) is 12.6 Å². The van der Waals surface area contributed by atoms with Crippen LogP contribution in [0.15, 0.2) is 12.4 Å². The molecule has 0 fully saturated rings. The number of aliphatic hydroxyl groups is 1. The van der Waals surface area contributed by atoms with Crippen LogP contribution in [0.4, 0.5) is 19.0 Å². The van der Waals surface area contributed by atoms with Crippen molar-refractivity contribution in [1.29, 1.82) is 0 Å². The molecule has 4 nitrogen and oxygen atoms in total. The molecule has 1 heterocycles. The maximum Gasteiger partial charge on any atom is 0.405 e. The molecule has 0 spiro atoms. The molecule has 0 aromatic carbocycles. The van der Waals surface area contributed by atoms with Gasteiger partial charge >= 0.3 is 6.18 Å². The van der Waals surface area contributed by atoms with E-state index >= 15 is 0 Å². The van der Waals surface area contributed by atoms with Crippen LogP contribution in [0.3, 0.4) is 0 Å².